The van der Waals surface area contributed by atoms with Gasteiger partial charge in [0.1, 0.15) is 5.69 Å². The average molecular weight is 776 g/mol. The SMILES string of the molecule is Cc1cccc(Cc2cc3ccccc3c(N=Nc3ccc4c(c3)C(=O)c3cc(N=Nc5c(O)c(C(=O)Nc6ccccc6Cl)cc6ccccc56)ccc3-4)c2C)c1. The normalized spacial score (nSPS) is 12.2. The smallest absolute Gasteiger partial charge is 0.259 e. The second-order valence-corrected chi connectivity index (χ2v) is 14.8. The molecular weight excluding hydrogens is 742 g/mol. The Morgan fingerprint density at radius 2 is 1.22 bits per heavy atom. The van der Waals surface area contributed by atoms with Gasteiger partial charge in [0.2, 0.25) is 0 Å². The molecule has 1 aliphatic carbocycles. The molecule has 1 amide bonds. The fourth-order valence-electron chi connectivity index (χ4n) is 7.58. The predicted octanol–water partition coefficient (Wildman–Crippen LogP) is 13.9. The number of azo groups is 2. The third-order valence-electron chi connectivity index (χ3n) is 10.5. The summed E-state index contributed by atoms with van der Waals surface area (Å²) in [7, 11) is 0. The van der Waals surface area contributed by atoms with Gasteiger partial charge in [-0.1, -0.05) is 120 Å². The zero-order valence-corrected chi connectivity index (χ0v) is 32.2. The molecule has 0 aliphatic heterocycles. The summed E-state index contributed by atoms with van der Waals surface area (Å²) in [5.74, 6) is -1.05. The van der Waals surface area contributed by atoms with E-state index in [9.17, 15) is 14.7 Å². The standard InChI is InChI=1S/C49H34ClN5O3/c1-28-10-9-11-30(22-28)23-33-24-31-12-3-5-14-36(31)45(29(33)2)54-52-34-18-20-38-39-21-19-35(27-41(39)47(56)40(38)26-34)53-55-46-37-15-6-4-13-32(37)25-42(48(46)57)49(58)51-44-17-8-7-16-43(44)50/h3-22,24-27,57H,23H2,1-2H3,(H,51,58). The van der Waals surface area contributed by atoms with Gasteiger partial charge in [-0.05, 0) is 101 Å². The van der Waals surface area contributed by atoms with Gasteiger partial charge in [0.05, 0.1) is 33.3 Å². The second-order valence-electron chi connectivity index (χ2n) is 14.4. The molecule has 0 atom stereocenters. The first-order valence-corrected chi connectivity index (χ1v) is 19.1. The number of nitrogens with one attached hydrogen (secondary N) is 1. The number of rotatable bonds is 8. The lowest BCUT2D eigenvalue weighted by Crippen LogP contribution is -2.12. The number of benzene rings is 8. The number of nitrogens with zero attached hydrogens (tertiary/aromatic N) is 4. The Kier molecular flexibility index (Phi) is 9.39. The highest BCUT2D eigenvalue weighted by Gasteiger charge is 2.27. The Morgan fingerprint density at radius 1 is 0.621 bits per heavy atom. The molecule has 0 aromatic heterocycles. The third kappa shape index (κ3) is 6.80. The van der Waals surface area contributed by atoms with E-state index in [1.807, 2.05) is 48.5 Å². The summed E-state index contributed by atoms with van der Waals surface area (Å²) < 4.78 is 0. The van der Waals surface area contributed by atoms with Gasteiger partial charge in [0, 0.05) is 21.9 Å². The average Bonchev–Trinajstić information content (AvgIpc) is 3.51. The topological polar surface area (TPSA) is 116 Å². The van der Waals surface area contributed by atoms with Crippen molar-refractivity contribution in [2.75, 3.05) is 5.32 Å². The van der Waals surface area contributed by atoms with Crippen molar-refractivity contribution >= 4 is 73.3 Å². The summed E-state index contributed by atoms with van der Waals surface area (Å²) in [6.45, 7) is 4.19. The summed E-state index contributed by atoms with van der Waals surface area (Å²) in [5.41, 5.74) is 9.59. The van der Waals surface area contributed by atoms with Crippen molar-refractivity contribution in [2.45, 2.75) is 20.3 Å². The summed E-state index contributed by atoms with van der Waals surface area (Å²) in [4.78, 5) is 27.3. The molecule has 0 spiro atoms. The fourth-order valence-corrected chi connectivity index (χ4v) is 7.76. The highest BCUT2D eigenvalue weighted by atomic mass is 35.5. The summed E-state index contributed by atoms with van der Waals surface area (Å²) >= 11 is 6.27. The van der Waals surface area contributed by atoms with E-state index in [1.54, 1.807) is 54.6 Å². The number of aryl methyl sites for hydroxylation is 1. The summed E-state index contributed by atoms with van der Waals surface area (Å²) in [6.07, 6.45) is 0.778. The predicted molar refractivity (Wildman–Crippen MR) is 231 cm³/mol. The molecule has 0 saturated carbocycles. The fraction of sp³-hybridized carbons (Fsp3) is 0.0612. The van der Waals surface area contributed by atoms with Crippen LogP contribution < -0.4 is 5.32 Å². The number of aromatic hydroxyl groups is 1. The first-order chi connectivity index (χ1) is 28.2. The minimum Gasteiger partial charge on any atom is -0.505 e. The molecule has 8 aromatic carbocycles. The molecule has 8 nitrogen and oxygen atoms in total. The molecule has 0 saturated heterocycles. The largest absolute Gasteiger partial charge is 0.505 e. The molecule has 0 bridgehead atoms. The molecule has 1 aliphatic rings. The third-order valence-corrected chi connectivity index (χ3v) is 10.9. The van der Waals surface area contributed by atoms with Crippen LogP contribution >= 0.6 is 11.6 Å². The molecule has 2 N–H and O–H groups in total. The molecular formula is C49H34ClN5O3. The van der Waals surface area contributed by atoms with E-state index < -0.39 is 5.91 Å². The van der Waals surface area contributed by atoms with E-state index in [2.05, 4.69) is 77.0 Å². The minimum absolute atomic E-state index is 0.0124. The van der Waals surface area contributed by atoms with Crippen LogP contribution in [0.1, 0.15) is 48.5 Å². The number of amides is 1. The van der Waals surface area contributed by atoms with Crippen LogP contribution in [0.25, 0.3) is 32.7 Å². The van der Waals surface area contributed by atoms with E-state index >= 15 is 0 Å². The summed E-state index contributed by atoms with van der Waals surface area (Å²) in [6, 6.07) is 45.5. The van der Waals surface area contributed by atoms with E-state index in [4.69, 9.17) is 16.7 Å². The van der Waals surface area contributed by atoms with Crippen molar-refractivity contribution in [3.8, 4) is 16.9 Å². The Labute approximate surface area is 339 Å². The van der Waals surface area contributed by atoms with Gasteiger partial charge < -0.3 is 10.4 Å². The van der Waals surface area contributed by atoms with Crippen LogP contribution in [0, 0.1) is 13.8 Å². The zero-order chi connectivity index (χ0) is 39.9. The number of phenols is 1. The number of hydrogen-bond donors (Lipinski definition) is 2. The molecule has 280 valence electrons. The maximum Gasteiger partial charge on any atom is 0.259 e. The molecule has 0 heterocycles. The first kappa shape index (κ1) is 36.4. The number of anilines is 1. The van der Waals surface area contributed by atoms with Crippen molar-refractivity contribution in [3.05, 3.63) is 190 Å². The number of carbonyl (C=O) groups is 2. The van der Waals surface area contributed by atoms with Crippen LogP contribution in [0.2, 0.25) is 5.02 Å². The minimum atomic E-state index is -0.553. The second kappa shape index (κ2) is 15.0. The molecule has 8 aromatic rings. The quantitative estimate of drug-likeness (QED) is 0.150. The molecule has 58 heavy (non-hydrogen) atoms. The van der Waals surface area contributed by atoms with Crippen molar-refractivity contribution < 1.29 is 14.7 Å². The van der Waals surface area contributed by atoms with Gasteiger partial charge in [0.15, 0.2) is 11.5 Å². The Hall–Kier alpha value is -7.29. The number of halogens is 1. The first-order valence-electron chi connectivity index (χ1n) is 18.8. The van der Waals surface area contributed by atoms with Crippen LogP contribution in [-0.4, -0.2) is 16.8 Å². The molecule has 9 heteroatoms. The number of para-hydroxylation sites is 1. The summed E-state index contributed by atoms with van der Waals surface area (Å²) in [5, 5.41) is 36.2. The number of carbonyl (C=O) groups excluding carboxylic acids is 2. The van der Waals surface area contributed by atoms with Crippen LogP contribution in [0.15, 0.2) is 166 Å². The Bertz CT molecular complexity index is 3060. The van der Waals surface area contributed by atoms with Gasteiger partial charge in [-0.15, -0.1) is 10.2 Å². The number of ketones is 1. The van der Waals surface area contributed by atoms with Gasteiger partial charge >= 0.3 is 0 Å². The van der Waals surface area contributed by atoms with Crippen molar-refractivity contribution in [3.63, 3.8) is 0 Å². The lowest BCUT2D eigenvalue weighted by atomic mass is 9.94. The molecule has 0 unspecified atom stereocenters. The van der Waals surface area contributed by atoms with E-state index in [0.717, 1.165) is 39.6 Å². The monoisotopic (exact) mass is 775 g/mol. The van der Waals surface area contributed by atoms with Crippen molar-refractivity contribution in [2.24, 2.45) is 20.5 Å². The van der Waals surface area contributed by atoms with Crippen LogP contribution in [0.5, 0.6) is 5.75 Å². The van der Waals surface area contributed by atoms with Gasteiger partial charge in [0.25, 0.3) is 5.91 Å². The van der Waals surface area contributed by atoms with Crippen LogP contribution in [0.4, 0.5) is 28.4 Å². The van der Waals surface area contributed by atoms with E-state index in [0.29, 0.717) is 44.0 Å². The number of hydrogen-bond acceptors (Lipinski definition) is 7. The van der Waals surface area contributed by atoms with E-state index in [1.165, 1.54) is 16.7 Å². The van der Waals surface area contributed by atoms with Gasteiger partial charge in [-0.2, -0.15) is 10.2 Å². The number of phenolic OH excluding ortho intramolecular Hbond substituents is 1. The highest BCUT2D eigenvalue weighted by Crippen LogP contribution is 2.43. The lowest BCUT2D eigenvalue weighted by Gasteiger charge is -2.12. The highest BCUT2D eigenvalue weighted by molar-refractivity contribution is 6.34. The molecule has 0 fully saturated rings. The van der Waals surface area contributed by atoms with Crippen molar-refractivity contribution in [1.82, 2.24) is 0 Å². The van der Waals surface area contributed by atoms with Gasteiger partial charge in [-0.3, -0.25) is 9.59 Å². The maximum atomic E-state index is 13.9. The zero-order valence-electron chi connectivity index (χ0n) is 31.5. The maximum absolute atomic E-state index is 13.9. The van der Waals surface area contributed by atoms with Crippen LogP contribution in [-0.2, 0) is 6.42 Å². The van der Waals surface area contributed by atoms with Crippen LogP contribution in [0.3, 0.4) is 0 Å². The molecule has 9 rings (SSSR count). The Balaban J connectivity index is 1.00. The van der Waals surface area contributed by atoms with Crippen molar-refractivity contribution in [1.29, 1.82) is 0 Å². The lowest BCUT2D eigenvalue weighted by molar-refractivity contribution is 0.102. The number of fused-ring (bicyclic) bond motifs is 5. The van der Waals surface area contributed by atoms with Gasteiger partial charge in [-0.25, -0.2) is 0 Å². The Morgan fingerprint density at radius 3 is 1.90 bits per heavy atom. The molecule has 0 radical (unpaired) electrons. The van der Waals surface area contributed by atoms with E-state index in [-0.39, 0.29) is 22.8 Å².